The number of rotatable bonds is 4. The number of aryl methyl sites for hydroxylation is 2. The fourth-order valence-electron chi connectivity index (χ4n) is 2.06. The van der Waals surface area contributed by atoms with Crippen LogP contribution in [0.5, 0.6) is 0 Å². The van der Waals surface area contributed by atoms with Crippen LogP contribution >= 0.6 is 0 Å². The minimum atomic E-state index is -1.47. The topological polar surface area (TPSA) is 91.6 Å². The number of hydrogen-bond acceptors (Lipinski definition) is 4. The van der Waals surface area contributed by atoms with Gasteiger partial charge in [0.1, 0.15) is 22.9 Å². The van der Waals surface area contributed by atoms with Gasteiger partial charge in [-0.25, -0.2) is 4.39 Å². The third kappa shape index (κ3) is 4.20. The van der Waals surface area contributed by atoms with Gasteiger partial charge in [0, 0.05) is 0 Å². The van der Waals surface area contributed by atoms with E-state index >= 15 is 0 Å². The van der Waals surface area contributed by atoms with E-state index in [9.17, 15) is 19.1 Å². The molecule has 2 aromatic rings. The van der Waals surface area contributed by atoms with Crippen molar-refractivity contribution in [3.63, 3.8) is 0 Å². The highest BCUT2D eigenvalue weighted by Gasteiger charge is 2.28. The monoisotopic (exact) mass is 334 g/mol. The van der Waals surface area contributed by atoms with Gasteiger partial charge in [-0.05, 0) is 50.6 Å². The van der Waals surface area contributed by atoms with Gasteiger partial charge in [-0.1, -0.05) is 6.07 Å². The molecule has 1 aromatic heterocycles. The number of furan rings is 1. The van der Waals surface area contributed by atoms with Crippen molar-refractivity contribution >= 4 is 17.5 Å². The summed E-state index contributed by atoms with van der Waals surface area (Å²) in [6.07, 6.45) is 0. The van der Waals surface area contributed by atoms with E-state index < -0.39 is 23.2 Å². The van der Waals surface area contributed by atoms with Crippen LogP contribution in [0.15, 0.2) is 34.7 Å². The minimum absolute atomic E-state index is 0.0800. The molecule has 0 saturated heterocycles. The number of aliphatic hydroxyl groups is 1. The van der Waals surface area contributed by atoms with Gasteiger partial charge in [0.15, 0.2) is 0 Å². The van der Waals surface area contributed by atoms with Crippen LogP contribution in [0.25, 0.3) is 0 Å². The molecule has 3 N–H and O–H groups in total. The van der Waals surface area contributed by atoms with E-state index in [2.05, 4.69) is 10.6 Å². The van der Waals surface area contributed by atoms with Gasteiger partial charge in [0.05, 0.1) is 12.2 Å². The largest absolute Gasteiger partial charge is 0.463 e. The van der Waals surface area contributed by atoms with E-state index in [4.69, 9.17) is 4.42 Å². The van der Waals surface area contributed by atoms with Crippen molar-refractivity contribution in [3.8, 4) is 0 Å². The van der Waals surface area contributed by atoms with Crippen LogP contribution in [-0.2, 0) is 15.2 Å². The number of carbonyl (C=O) groups is 2. The molecule has 7 heteroatoms. The van der Waals surface area contributed by atoms with Gasteiger partial charge in [-0.2, -0.15) is 0 Å². The first-order chi connectivity index (χ1) is 11.2. The first-order valence-electron chi connectivity index (χ1n) is 7.33. The van der Waals surface area contributed by atoms with E-state index in [1.54, 1.807) is 32.0 Å². The van der Waals surface area contributed by atoms with E-state index in [-0.39, 0.29) is 18.0 Å². The smallest absolute Gasteiger partial charge is 0.313 e. The van der Waals surface area contributed by atoms with Crippen molar-refractivity contribution < 1.29 is 23.5 Å². The Kier molecular flexibility index (Phi) is 5.04. The molecular formula is C17H19FN2O4. The van der Waals surface area contributed by atoms with Crippen LogP contribution in [0.2, 0.25) is 0 Å². The molecule has 0 aliphatic carbocycles. The lowest BCUT2D eigenvalue weighted by atomic mass is 10.0. The number of carbonyl (C=O) groups excluding carboxylic acids is 2. The van der Waals surface area contributed by atoms with Crippen LogP contribution in [0.3, 0.4) is 0 Å². The highest BCUT2D eigenvalue weighted by Crippen LogP contribution is 2.22. The number of benzene rings is 1. The Morgan fingerprint density at radius 3 is 2.54 bits per heavy atom. The molecule has 0 bridgehead atoms. The summed E-state index contributed by atoms with van der Waals surface area (Å²) >= 11 is 0. The maximum atomic E-state index is 13.6. The normalized spacial score (nSPS) is 13.2. The third-order valence-corrected chi connectivity index (χ3v) is 3.44. The predicted molar refractivity (Wildman–Crippen MR) is 85.8 cm³/mol. The number of anilines is 1. The van der Waals surface area contributed by atoms with Crippen LogP contribution in [0.4, 0.5) is 10.1 Å². The second kappa shape index (κ2) is 6.84. The third-order valence-electron chi connectivity index (χ3n) is 3.44. The van der Waals surface area contributed by atoms with Crippen LogP contribution in [-0.4, -0.2) is 23.5 Å². The van der Waals surface area contributed by atoms with Crippen molar-refractivity contribution in [1.82, 2.24) is 5.32 Å². The van der Waals surface area contributed by atoms with Crippen molar-refractivity contribution in [3.05, 3.63) is 53.2 Å². The second-order valence-corrected chi connectivity index (χ2v) is 5.80. The molecule has 0 fully saturated rings. The summed E-state index contributed by atoms with van der Waals surface area (Å²) < 4.78 is 18.9. The quantitative estimate of drug-likeness (QED) is 0.746. The van der Waals surface area contributed by atoms with Gasteiger partial charge >= 0.3 is 11.8 Å². The molecule has 0 radical (unpaired) electrons. The molecule has 1 atom stereocenters. The van der Waals surface area contributed by atoms with Crippen molar-refractivity contribution in [2.75, 3.05) is 11.9 Å². The maximum Gasteiger partial charge on any atom is 0.313 e. The zero-order valence-corrected chi connectivity index (χ0v) is 13.6. The fraction of sp³-hybridized carbons (Fsp3) is 0.294. The predicted octanol–water partition coefficient (Wildman–Crippen LogP) is 2.00. The Balaban J connectivity index is 1.96. The fourth-order valence-corrected chi connectivity index (χ4v) is 2.06. The average Bonchev–Trinajstić information content (AvgIpc) is 2.96. The highest BCUT2D eigenvalue weighted by atomic mass is 19.1. The van der Waals surface area contributed by atoms with E-state index in [0.29, 0.717) is 5.76 Å². The van der Waals surface area contributed by atoms with E-state index in [1.807, 2.05) is 0 Å². The Morgan fingerprint density at radius 2 is 1.92 bits per heavy atom. The summed E-state index contributed by atoms with van der Waals surface area (Å²) in [5.41, 5.74) is -0.814. The van der Waals surface area contributed by atoms with Crippen molar-refractivity contribution in [2.45, 2.75) is 26.4 Å². The van der Waals surface area contributed by atoms with Gasteiger partial charge in [0.25, 0.3) is 0 Å². The molecule has 1 aromatic carbocycles. The summed E-state index contributed by atoms with van der Waals surface area (Å²) in [6, 6.07) is 7.44. The summed E-state index contributed by atoms with van der Waals surface area (Å²) in [6.45, 7) is 4.67. The number of halogens is 1. The molecule has 6 nitrogen and oxygen atoms in total. The van der Waals surface area contributed by atoms with Crippen LogP contribution < -0.4 is 10.6 Å². The standard InChI is InChI=1S/C17H19FN2O4/c1-10-4-6-12(18)13(8-10)20-16(22)15(21)19-9-17(3,23)14-7-5-11(2)24-14/h4-8,23H,9H2,1-3H3,(H,19,21)(H,20,22). The molecule has 0 aliphatic rings. The van der Waals surface area contributed by atoms with Crippen molar-refractivity contribution in [2.24, 2.45) is 0 Å². The number of nitrogens with one attached hydrogen (secondary N) is 2. The summed E-state index contributed by atoms with van der Waals surface area (Å²) in [5, 5.41) is 14.8. The molecule has 0 spiro atoms. The lowest BCUT2D eigenvalue weighted by molar-refractivity contribution is -0.136. The second-order valence-electron chi connectivity index (χ2n) is 5.80. The minimum Gasteiger partial charge on any atom is -0.463 e. The summed E-state index contributed by atoms with van der Waals surface area (Å²) in [5.74, 6) is -1.76. The molecule has 1 unspecified atom stereocenters. The molecule has 2 amide bonds. The highest BCUT2D eigenvalue weighted by molar-refractivity contribution is 6.39. The molecule has 128 valence electrons. The molecule has 24 heavy (non-hydrogen) atoms. The summed E-state index contributed by atoms with van der Waals surface area (Å²) in [7, 11) is 0. The van der Waals surface area contributed by atoms with E-state index in [0.717, 1.165) is 5.56 Å². The lowest BCUT2D eigenvalue weighted by Crippen LogP contribution is -2.43. The Hall–Kier alpha value is -2.67. The van der Waals surface area contributed by atoms with Gasteiger partial charge < -0.3 is 20.2 Å². The first-order valence-corrected chi connectivity index (χ1v) is 7.33. The van der Waals surface area contributed by atoms with Gasteiger partial charge in [0.2, 0.25) is 0 Å². The molecule has 0 saturated carbocycles. The molecule has 1 heterocycles. The maximum absolute atomic E-state index is 13.6. The number of amides is 2. The zero-order chi connectivity index (χ0) is 17.9. The van der Waals surface area contributed by atoms with Crippen molar-refractivity contribution in [1.29, 1.82) is 0 Å². The van der Waals surface area contributed by atoms with E-state index in [1.165, 1.54) is 19.1 Å². The Labute approximate surface area is 138 Å². The Morgan fingerprint density at radius 1 is 1.21 bits per heavy atom. The van der Waals surface area contributed by atoms with Gasteiger partial charge in [-0.3, -0.25) is 9.59 Å². The summed E-state index contributed by atoms with van der Waals surface area (Å²) in [4.78, 5) is 23.7. The van der Waals surface area contributed by atoms with Gasteiger partial charge in [-0.15, -0.1) is 0 Å². The molecule has 2 rings (SSSR count). The Bertz CT molecular complexity index is 768. The zero-order valence-electron chi connectivity index (χ0n) is 13.6. The number of hydrogen-bond donors (Lipinski definition) is 3. The lowest BCUT2D eigenvalue weighted by Gasteiger charge is -2.21. The molecule has 0 aliphatic heterocycles. The SMILES string of the molecule is Cc1ccc(F)c(NC(=O)C(=O)NCC(C)(O)c2ccc(C)o2)c1. The van der Waals surface area contributed by atoms with Crippen LogP contribution in [0, 0.1) is 19.7 Å². The first kappa shape index (κ1) is 17.7. The molecular weight excluding hydrogens is 315 g/mol. The average molecular weight is 334 g/mol. The van der Waals surface area contributed by atoms with Crippen LogP contribution in [0.1, 0.15) is 24.0 Å².